The summed E-state index contributed by atoms with van der Waals surface area (Å²) in [4.78, 5) is 0. The third-order valence-corrected chi connectivity index (χ3v) is 2.68. The molecule has 0 aliphatic heterocycles. The predicted molar refractivity (Wildman–Crippen MR) is 62.7 cm³/mol. The number of aromatic nitrogens is 1. The van der Waals surface area contributed by atoms with E-state index in [0.717, 1.165) is 5.92 Å². The van der Waals surface area contributed by atoms with Gasteiger partial charge in [0.15, 0.2) is 0 Å². The summed E-state index contributed by atoms with van der Waals surface area (Å²) in [6.07, 6.45) is 7.61. The molecule has 0 amide bonds. The summed E-state index contributed by atoms with van der Waals surface area (Å²) in [5, 5.41) is 0. The second kappa shape index (κ2) is 5.23. The SMILES string of the molecule is CC.CCCc1cc(C2CC2)cn1C. The highest BCUT2D eigenvalue weighted by atomic mass is 14.9. The summed E-state index contributed by atoms with van der Waals surface area (Å²) >= 11 is 0. The summed E-state index contributed by atoms with van der Waals surface area (Å²) in [6.45, 7) is 6.24. The highest BCUT2D eigenvalue weighted by molar-refractivity contribution is 5.26. The summed E-state index contributed by atoms with van der Waals surface area (Å²) < 4.78 is 2.29. The number of nitrogens with zero attached hydrogens (tertiary/aromatic N) is 1. The molecule has 1 aromatic rings. The van der Waals surface area contributed by atoms with Crippen LogP contribution >= 0.6 is 0 Å². The van der Waals surface area contributed by atoms with Crippen molar-refractivity contribution in [1.29, 1.82) is 0 Å². The summed E-state index contributed by atoms with van der Waals surface area (Å²) in [5.74, 6) is 0.904. The predicted octanol–water partition coefficient (Wildman–Crippen LogP) is 3.88. The van der Waals surface area contributed by atoms with E-state index >= 15 is 0 Å². The van der Waals surface area contributed by atoms with E-state index in [1.54, 1.807) is 5.56 Å². The summed E-state index contributed by atoms with van der Waals surface area (Å²) in [7, 11) is 2.16. The van der Waals surface area contributed by atoms with E-state index in [0.29, 0.717) is 0 Å². The Balaban J connectivity index is 0.000000461. The molecular weight excluding hydrogens is 170 g/mol. The van der Waals surface area contributed by atoms with Crippen LogP contribution in [0.5, 0.6) is 0 Å². The first-order valence-corrected chi connectivity index (χ1v) is 5.96. The molecule has 2 rings (SSSR count). The molecule has 1 aromatic heterocycles. The van der Waals surface area contributed by atoms with Gasteiger partial charge in [-0.3, -0.25) is 0 Å². The Labute approximate surface area is 88.1 Å². The van der Waals surface area contributed by atoms with Crippen molar-refractivity contribution >= 4 is 0 Å². The van der Waals surface area contributed by atoms with Crippen molar-refractivity contribution in [2.75, 3.05) is 0 Å². The van der Waals surface area contributed by atoms with E-state index in [1.165, 1.54) is 31.4 Å². The Morgan fingerprint density at radius 3 is 2.50 bits per heavy atom. The highest BCUT2D eigenvalue weighted by Crippen LogP contribution is 2.40. The fourth-order valence-corrected chi connectivity index (χ4v) is 1.78. The molecule has 1 fully saturated rings. The first-order chi connectivity index (χ1) is 6.81. The molecular formula is C13H23N. The van der Waals surface area contributed by atoms with Crippen LogP contribution in [0.2, 0.25) is 0 Å². The Hall–Kier alpha value is -0.720. The second-order valence-corrected chi connectivity index (χ2v) is 3.90. The zero-order valence-corrected chi connectivity index (χ0v) is 10.0. The molecule has 0 unspecified atom stereocenters. The summed E-state index contributed by atoms with van der Waals surface area (Å²) in [5.41, 5.74) is 3.07. The quantitative estimate of drug-likeness (QED) is 0.686. The lowest BCUT2D eigenvalue weighted by atomic mass is 10.2. The van der Waals surface area contributed by atoms with Crippen LogP contribution in [0.15, 0.2) is 12.3 Å². The van der Waals surface area contributed by atoms with Crippen LogP contribution in [-0.4, -0.2) is 4.57 Å². The molecule has 1 heteroatoms. The van der Waals surface area contributed by atoms with Crippen LogP contribution in [0, 0.1) is 0 Å². The molecule has 0 spiro atoms. The van der Waals surface area contributed by atoms with E-state index in [-0.39, 0.29) is 0 Å². The molecule has 1 aliphatic rings. The average Bonchev–Trinajstić information content (AvgIpc) is 2.98. The van der Waals surface area contributed by atoms with Crippen molar-refractivity contribution in [3.63, 3.8) is 0 Å². The molecule has 0 radical (unpaired) electrons. The minimum absolute atomic E-state index is 0.904. The van der Waals surface area contributed by atoms with Gasteiger partial charge in [-0.25, -0.2) is 0 Å². The van der Waals surface area contributed by atoms with Crippen LogP contribution in [0.25, 0.3) is 0 Å². The lowest BCUT2D eigenvalue weighted by Gasteiger charge is -1.98. The van der Waals surface area contributed by atoms with Crippen molar-refractivity contribution in [3.8, 4) is 0 Å². The molecule has 0 aromatic carbocycles. The summed E-state index contributed by atoms with van der Waals surface area (Å²) in [6, 6.07) is 2.39. The van der Waals surface area contributed by atoms with Crippen molar-refractivity contribution in [1.82, 2.24) is 4.57 Å². The van der Waals surface area contributed by atoms with E-state index in [1.807, 2.05) is 13.8 Å². The van der Waals surface area contributed by atoms with Gasteiger partial charge in [0.05, 0.1) is 0 Å². The van der Waals surface area contributed by atoms with Gasteiger partial charge in [0, 0.05) is 18.9 Å². The van der Waals surface area contributed by atoms with Crippen molar-refractivity contribution in [2.45, 2.75) is 52.4 Å². The second-order valence-electron chi connectivity index (χ2n) is 3.90. The van der Waals surface area contributed by atoms with Gasteiger partial charge in [0.25, 0.3) is 0 Å². The molecule has 1 aliphatic carbocycles. The zero-order chi connectivity index (χ0) is 10.6. The zero-order valence-electron chi connectivity index (χ0n) is 10.0. The van der Waals surface area contributed by atoms with E-state index < -0.39 is 0 Å². The molecule has 0 bridgehead atoms. The third kappa shape index (κ3) is 2.63. The maximum atomic E-state index is 2.39. The topological polar surface area (TPSA) is 4.93 Å². The third-order valence-electron chi connectivity index (χ3n) is 2.68. The van der Waals surface area contributed by atoms with Gasteiger partial charge < -0.3 is 4.57 Å². The molecule has 80 valence electrons. The molecule has 0 saturated heterocycles. The fourth-order valence-electron chi connectivity index (χ4n) is 1.78. The molecule has 1 nitrogen and oxygen atoms in total. The van der Waals surface area contributed by atoms with Gasteiger partial charge in [-0.2, -0.15) is 0 Å². The number of hydrogen-bond donors (Lipinski definition) is 0. The Morgan fingerprint density at radius 2 is 2.00 bits per heavy atom. The van der Waals surface area contributed by atoms with E-state index in [9.17, 15) is 0 Å². The maximum Gasteiger partial charge on any atom is 0.0174 e. The van der Waals surface area contributed by atoms with E-state index in [2.05, 4.69) is 30.8 Å². The van der Waals surface area contributed by atoms with Gasteiger partial charge >= 0.3 is 0 Å². The Morgan fingerprint density at radius 1 is 1.36 bits per heavy atom. The van der Waals surface area contributed by atoms with Gasteiger partial charge in [-0.15, -0.1) is 0 Å². The Kier molecular flexibility index (Phi) is 4.24. The monoisotopic (exact) mass is 193 g/mol. The van der Waals surface area contributed by atoms with Crippen LogP contribution in [-0.2, 0) is 13.5 Å². The lowest BCUT2D eigenvalue weighted by molar-refractivity contribution is 0.786. The van der Waals surface area contributed by atoms with Gasteiger partial charge in [0.2, 0.25) is 0 Å². The van der Waals surface area contributed by atoms with Gasteiger partial charge in [-0.1, -0.05) is 27.2 Å². The Bertz CT molecular complexity index is 269. The molecule has 1 saturated carbocycles. The van der Waals surface area contributed by atoms with Crippen LogP contribution in [0.4, 0.5) is 0 Å². The molecule has 0 atom stereocenters. The molecule has 0 N–H and O–H groups in total. The molecule has 1 heterocycles. The minimum atomic E-state index is 0.904. The highest BCUT2D eigenvalue weighted by Gasteiger charge is 2.24. The van der Waals surface area contributed by atoms with E-state index in [4.69, 9.17) is 0 Å². The van der Waals surface area contributed by atoms with Gasteiger partial charge in [0.1, 0.15) is 0 Å². The lowest BCUT2D eigenvalue weighted by Crippen LogP contribution is -1.92. The molecule has 14 heavy (non-hydrogen) atoms. The van der Waals surface area contributed by atoms with Crippen molar-refractivity contribution < 1.29 is 0 Å². The first kappa shape index (κ1) is 11.4. The average molecular weight is 193 g/mol. The number of hydrogen-bond acceptors (Lipinski definition) is 0. The standard InChI is InChI=1S/C11H17N.C2H6/c1-3-4-11-7-10(8-12(11)2)9-5-6-9;1-2/h7-9H,3-6H2,1-2H3;1-2H3. The van der Waals surface area contributed by atoms with Crippen molar-refractivity contribution in [2.24, 2.45) is 7.05 Å². The van der Waals surface area contributed by atoms with Crippen LogP contribution in [0.1, 0.15) is 57.2 Å². The number of rotatable bonds is 3. The minimum Gasteiger partial charge on any atom is -0.354 e. The smallest absolute Gasteiger partial charge is 0.0174 e. The maximum absolute atomic E-state index is 2.39. The van der Waals surface area contributed by atoms with Crippen LogP contribution in [0.3, 0.4) is 0 Å². The largest absolute Gasteiger partial charge is 0.354 e. The first-order valence-electron chi connectivity index (χ1n) is 5.96. The van der Waals surface area contributed by atoms with Crippen LogP contribution < -0.4 is 0 Å². The number of aryl methyl sites for hydroxylation is 2. The normalized spacial score (nSPS) is 14.9. The van der Waals surface area contributed by atoms with Gasteiger partial charge in [-0.05, 0) is 36.8 Å². The van der Waals surface area contributed by atoms with Crippen molar-refractivity contribution in [3.05, 3.63) is 23.5 Å². The fraction of sp³-hybridized carbons (Fsp3) is 0.692.